The summed E-state index contributed by atoms with van der Waals surface area (Å²) in [6.45, 7) is 0.244. The summed E-state index contributed by atoms with van der Waals surface area (Å²) in [5.41, 5.74) is 1.46. The fourth-order valence-corrected chi connectivity index (χ4v) is 1.96. The Balaban J connectivity index is 1.67. The molecule has 3 rings (SSSR count). The molecular weight excluding hydrogens is 287 g/mol. The number of benzene rings is 1. The molecule has 0 bridgehead atoms. The number of halogens is 1. The minimum Gasteiger partial charge on any atom is -0.364 e. The molecule has 2 amide bonds. The first-order valence-electron chi connectivity index (χ1n) is 6.59. The van der Waals surface area contributed by atoms with Crippen LogP contribution in [0.15, 0.2) is 59.6 Å². The maximum absolute atomic E-state index is 13.8. The number of hydrogen-bond donors (Lipinski definition) is 2. The third-order valence-corrected chi connectivity index (χ3v) is 3.01. The number of carbonyl (C=O) groups is 1. The normalized spacial score (nSPS) is 10.4. The van der Waals surface area contributed by atoms with E-state index in [9.17, 15) is 9.18 Å². The monoisotopic (exact) mass is 300 g/mol. The lowest BCUT2D eigenvalue weighted by molar-refractivity contribution is 0.251. The average Bonchev–Trinajstić information content (AvgIpc) is 3.20. The van der Waals surface area contributed by atoms with Crippen LogP contribution in [0.2, 0.25) is 0 Å². The van der Waals surface area contributed by atoms with Gasteiger partial charge in [-0.1, -0.05) is 5.16 Å². The topological polar surface area (TPSA) is 72.1 Å². The first-order valence-corrected chi connectivity index (χ1v) is 6.59. The zero-order chi connectivity index (χ0) is 15.4. The van der Waals surface area contributed by atoms with Gasteiger partial charge in [-0.25, -0.2) is 9.18 Å². The average molecular weight is 300 g/mol. The predicted molar refractivity (Wildman–Crippen MR) is 78.1 cm³/mol. The summed E-state index contributed by atoms with van der Waals surface area (Å²) in [5.74, 6) is -0.371. The van der Waals surface area contributed by atoms with Gasteiger partial charge in [0.05, 0.1) is 12.2 Å². The van der Waals surface area contributed by atoms with Gasteiger partial charge in [-0.05, 0) is 30.3 Å². The van der Waals surface area contributed by atoms with Crippen LogP contribution < -0.4 is 10.6 Å². The Morgan fingerprint density at radius 2 is 2.09 bits per heavy atom. The first kappa shape index (κ1) is 13.9. The number of nitrogens with one attached hydrogen (secondary N) is 2. The lowest BCUT2D eigenvalue weighted by atomic mass is 10.2. The lowest BCUT2D eigenvalue weighted by Gasteiger charge is -2.10. The maximum atomic E-state index is 13.8. The molecule has 22 heavy (non-hydrogen) atoms. The van der Waals surface area contributed by atoms with Crippen LogP contribution in [0.25, 0.3) is 5.69 Å². The molecule has 3 aromatic rings. The molecular formula is C15H13FN4O2. The molecule has 0 saturated carbocycles. The highest BCUT2D eigenvalue weighted by atomic mass is 19.1. The molecule has 0 atom stereocenters. The van der Waals surface area contributed by atoms with Gasteiger partial charge in [-0.15, -0.1) is 0 Å². The second-order valence-corrected chi connectivity index (χ2v) is 4.55. The molecule has 7 heteroatoms. The van der Waals surface area contributed by atoms with Gasteiger partial charge in [0.25, 0.3) is 0 Å². The second kappa shape index (κ2) is 6.13. The van der Waals surface area contributed by atoms with Crippen molar-refractivity contribution in [3.63, 3.8) is 0 Å². The number of rotatable bonds is 4. The molecule has 0 aliphatic rings. The molecule has 6 nitrogen and oxygen atoms in total. The van der Waals surface area contributed by atoms with Crippen molar-refractivity contribution in [2.75, 3.05) is 5.32 Å². The highest BCUT2D eigenvalue weighted by molar-refractivity contribution is 5.89. The molecule has 0 unspecified atom stereocenters. The summed E-state index contributed by atoms with van der Waals surface area (Å²) in [7, 11) is 0. The fraction of sp³-hybridized carbons (Fsp3) is 0.0667. The molecule has 2 heterocycles. The lowest BCUT2D eigenvalue weighted by Crippen LogP contribution is -2.28. The number of amides is 2. The van der Waals surface area contributed by atoms with E-state index in [1.54, 1.807) is 41.2 Å². The highest BCUT2D eigenvalue weighted by Gasteiger charge is 2.08. The van der Waals surface area contributed by atoms with E-state index in [1.807, 2.05) is 0 Å². The smallest absolute Gasteiger partial charge is 0.319 e. The minimum absolute atomic E-state index is 0.244. The van der Waals surface area contributed by atoms with Crippen molar-refractivity contribution in [3.05, 3.63) is 66.6 Å². The molecule has 0 saturated heterocycles. The first-order chi connectivity index (χ1) is 10.7. The van der Waals surface area contributed by atoms with Crippen LogP contribution >= 0.6 is 0 Å². The number of aromatic nitrogens is 2. The van der Waals surface area contributed by atoms with Crippen LogP contribution in [0.3, 0.4) is 0 Å². The van der Waals surface area contributed by atoms with E-state index in [4.69, 9.17) is 0 Å². The molecule has 0 aliphatic heterocycles. The Hall–Kier alpha value is -3.09. The van der Waals surface area contributed by atoms with Crippen LogP contribution in [-0.4, -0.2) is 15.8 Å². The van der Waals surface area contributed by atoms with Crippen LogP contribution in [-0.2, 0) is 6.54 Å². The van der Waals surface area contributed by atoms with Gasteiger partial charge in [0.15, 0.2) is 0 Å². The van der Waals surface area contributed by atoms with E-state index >= 15 is 0 Å². The standard InChI is InChI=1S/C15H13FN4O2/c16-13-4-3-11(9-14(13)20-6-1-2-7-20)18-15(21)17-10-12-5-8-22-19-12/h1-9H,10H2,(H2,17,18,21). The van der Waals surface area contributed by atoms with Crippen LogP contribution in [0.5, 0.6) is 0 Å². The number of carbonyl (C=O) groups excluding carboxylic acids is 1. The number of hydrogen-bond acceptors (Lipinski definition) is 3. The van der Waals surface area contributed by atoms with Gasteiger partial charge in [0.1, 0.15) is 17.8 Å². The van der Waals surface area contributed by atoms with Gasteiger partial charge in [-0.3, -0.25) is 0 Å². The quantitative estimate of drug-likeness (QED) is 0.778. The highest BCUT2D eigenvalue weighted by Crippen LogP contribution is 2.18. The maximum Gasteiger partial charge on any atom is 0.319 e. The molecule has 2 aromatic heterocycles. The summed E-state index contributed by atoms with van der Waals surface area (Å²) in [4.78, 5) is 11.8. The van der Waals surface area contributed by atoms with Crippen molar-refractivity contribution in [3.8, 4) is 5.69 Å². The van der Waals surface area contributed by atoms with E-state index in [-0.39, 0.29) is 12.4 Å². The molecule has 0 radical (unpaired) electrons. The Labute approximate surface area is 125 Å². The molecule has 1 aromatic carbocycles. The second-order valence-electron chi connectivity index (χ2n) is 4.55. The van der Waals surface area contributed by atoms with E-state index in [0.717, 1.165) is 0 Å². The van der Waals surface area contributed by atoms with E-state index < -0.39 is 6.03 Å². The number of anilines is 1. The molecule has 2 N–H and O–H groups in total. The van der Waals surface area contributed by atoms with Gasteiger partial charge < -0.3 is 19.7 Å². The summed E-state index contributed by atoms with van der Waals surface area (Å²) in [6.07, 6.45) is 4.89. The van der Waals surface area contributed by atoms with Gasteiger partial charge in [0.2, 0.25) is 0 Å². The van der Waals surface area contributed by atoms with Crippen molar-refractivity contribution >= 4 is 11.7 Å². The minimum atomic E-state index is -0.409. The van der Waals surface area contributed by atoms with E-state index in [1.165, 1.54) is 18.4 Å². The molecule has 0 aliphatic carbocycles. The van der Waals surface area contributed by atoms with Crippen molar-refractivity contribution in [1.82, 2.24) is 15.0 Å². The van der Waals surface area contributed by atoms with Crippen LogP contribution in [0.1, 0.15) is 5.69 Å². The largest absolute Gasteiger partial charge is 0.364 e. The van der Waals surface area contributed by atoms with Crippen molar-refractivity contribution in [2.45, 2.75) is 6.54 Å². The van der Waals surface area contributed by atoms with Gasteiger partial charge in [0, 0.05) is 24.1 Å². The van der Waals surface area contributed by atoms with Gasteiger partial charge >= 0.3 is 6.03 Å². The van der Waals surface area contributed by atoms with Gasteiger partial charge in [-0.2, -0.15) is 0 Å². The predicted octanol–water partition coefficient (Wildman–Crippen LogP) is 2.93. The Morgan fingerprint density at radius 3 is 2.82 bits per heavy atom. The third-order valence-electron chi connectivity index (χ3n) is 3.01. The van der Waals surface area contributed by atoms with Crippen molar-refractivity contribution < 1.29 is 13.7 Å². The van der Waals surface area contributed by atoms with E-state index in [0.29, 0.717) is 17.1 Å². The van der Waals surface area contributed by atoms with Crippen LogP contribution in [0, 0.1) is 5.82 Å². The summed E-state index contributed by atoms with van der Waals surface area (Å²) in [5, 5.41) is 8.96. The Bertz CT molecular complexity index is 754. The third kappa shape index (κ3) is 3.14. The molecule has 0 fully saturated rings. The molecule has 0 spiro atoms. The summed E-state index contributed by atoms with van der Waals surface area (Å²) < 4.78 is 20.1. The molecule has 112 valence electrons. The van der Waals surface area contributed by atoms with E-state index in [2.05, 4.69) is 20.3 Å². The zero-order valence-corrected chi connectivity index (χ0v) is 11.5. The van der Waals surface area contributed by atoms with Crippen molar-refractivity contribution in [2.24, 2.45) is 0 Å². The summed E-state index contributed by atoms with van der Waals surface area (Å²) in [6, 6.07) is 9.20. The summed E-state index contributed by atoms with van der Waals surface area (Å²) >= 11 is 0. The number of nitrogens with zero attached hydrogens (tertiary/aromatic N) is 2. The fourth-order valence-electron chi connectivity index (χ4n) is 1.96. The van der Waals surface area contributed by atoms with Crippen molar-refractivity contribution in [1.29, 1.82) is 0 Å². The Kier molecular flexibility index (Phi) is 3.86. The zero-order valence-electron chi connectivity index (χ0n) is 11.5. The Morgan fingerprint density at radius 1 is 1.27 bits per heavy atom. The van der Waals surface area contributed by atoms with Crippen LogP contribution in [0.4, 0.5) is 14.9 Å². The number of urea groups is 1. The SMILES string of the molecule is O=C(NCc1ccon1)Nc1ccc(F)c(-n2cccc2)c1.